The first-order valence-corrected chi connectivity index (χ1v) is 6.11. The number of carboxylic acid groups (broad SMARTS) is 1. The molecule has 1 N–H and O–H groups in total. The average Bonchev–Trinajstić information content (AvgIpc) is 3.08. The third-order valence-corrected chi connectivity index (χ3v) is 2.97. The Hall–Kier alpha value is -2.37. The maximum absolute atomic E-state index is 11.3. The lowest BCUT2D eigenvalue weighted by Crippen LogP contribution is -2.10. The summed E-state index contributed by atoms with van der Waals surface area (Å²) in [5, 5.41) is 13.2. The van der Waals surface area contributed by atoms with E-state index in [0.29, 0.717) is 24.1 Å². The molecule has 1 aliphatic carbocycles. The summed E-state index contributed by atoms with van der Waals surface area (Å²) < 4.78 is 6.96. The molecule has 0 bridgehead atoms. The SMILES string of the molecule is O=C(O)c1nc(OCC2CC2)ccc1-n1cccn1. The van der Waals surface area contributed by atoms with Crippen LogP contribution in [0, 0.1) is 5.92 Å². The fraction of sp³-hybridized carbons (Fsp3) is 0.308. The lowest BCUT2D eigenvalue weighted by atomic mass is 10.3. The minimum atomic E-state index is -1.10. The van der Waals surface area contributed by atoms with E-state index in [1.807, 2.05) is 0 Å². The standard InChI is InChI=1S/C13H13N3O3/c17-13(18)12-10(16-7-1-6-14-16)4-5-11(15-12)19-8-9-2-3-9/h1,4-7,9H,2-3,8H2,(H,17,18). The molecule has 2 aromatic rings. The van der Waals surface area contributed by atoms with Crippen LogP contribution in [0.25, 0.3) is 5.69 Å². The van der Waals surface area contributed by atoms with Crippen LogP contribution in [0.1, 0.15) is 23.3 Å². The lowest BCUT2D eigenvalue weighted by Gasteiger charge is -2.09. The topological polar surface area (TPSA) is 77.2 Å². The van der Waals surface area contributed by atoms with Gasteiger partial charge >= 0.3 is 5.97 Å². The molecule has 3 rings (SSSR count). The molecule has 2 heterocycles. The van der Waals surface area contributed by atoms with Crippen LogP contribution < -0.4 is 4.74 Å². The van der Waals surface area contributed by atoms with Gasteiger partial charge in [0.1, 0.15) is 0 Å². The number of rotatable bonds is 5. The number of hydrogen-bond donors (Lipinski definition) is 1. The molecule has 0 unspecified atom stereocenters. The van der Waals surface area contributed by atoms with Gasteiger partial charge in [-0.05, 0) is 30.9 Å². The number of pyridine rings is 1. The van der Waals surface area contributed by atoms with Crippen molar-refractivity contribution in [2.45, 2.75) is 12.8 Å². The Morgan fingerprint density at radius 3 is 2.95 bits per heavy atom. The average molecular weight is 259 g/mol. The van der Waals surface area contributed by atoms with E-state index in [1.165, 1.54) is 17.5 Å². The van der Waals surface area contributed by atoms with Crippen molar-refractivity contribution in [1.29, 1.82) is 0 Å². The molecule has 98 valence electrons. The quantitative estimate of drug-likeness (QED) is 0.885. The third kappa shape index (κ3) is 2.57. The highest BCUT2D eigenvalue weighted by atomic mass is 16.5. The Morgan fingerprint density at radius 1 is 1.47 bits per heavy atom. The minimum absolute atomic E-state index is 0.0583. The molecule has 1 fully saturated rings. The van der Waals surface area contributed by atoms with Gasteiger partial charge in [-0.25, -0.2) is 14.5 Å². The van der Waals surface area contributed by atoms with E-state index in [2.05, 4.69) is 10.1 Å². The summed E-state index contributed by atoms with van der Waals surface area (Å²) in [5.74, 6) is -0.150. The second kappa shape index (κ2) is 4.72. The Labute approximate surface area is 109 Å². The van der Waals surface area contributed by atoms with Gasteiger partial charge in [-0.3, -0.25) is 0 Å². The molecule has 0 amide bonds. The molecule has 6 heteroatoms. The van der Waals surface area contributed by atoms with Crippen LogP contribution in [0.3, 0.4) is 0 Å². The Morgan fingerprint density at radius 2 is 2.32 bits per heavy atom. The second-order valence-corrected chi connectivity index (χ2v) is 4.53. The number of hydrogen-bond acceptors (Lipinski definition) is 4. The van der Waals surface area contributed by atoms with E-state index in [4.69, 9.17) is 4.74 Å². The van der Waals surface area contributed by atoms with Crippen molar-refractivity contribution in [1.82, 2.24) is 14.8 Å². The van der Waals surface area contributed by atoms with Crippen molar-refractivity contribution in [3.05, 3.63) is 36.3 Å². The molecule has 0 aliphatic heterocycles. The molecule has 1 aliphatic rings. The zero-order valence-corrected chi connectivity index (χ0v) is 10.2. The summed E-state index contributed by atoms with van der Waals surface area (Å²) in [7, 11) is 0. The third-order valence-electron chi connectivity index (χ3n) is 2.97. The molecule has 0 aromatic carbocycles. The summed E-state index contributed by atoms with van der Waals surface area (Å²) in [4.78, 5) is 15.3. The highest BCUT2D eigenvalue weighted by Gasteiger charge is 2.23. The van der Waals surface area contributed by atoms with E-state index in [-0.39, 0.29) is 5.69 Å². The summed E-state index contributed by atoms with van der Waals surface area (Å²) in [6.45, 7) is 0.604. The Kier molecular flexibility index (Phi) is 2.91. The zero-order chi connectivity index (χ0) is 13.2. The van der Waals surface area contributed by atoms with Crippen molar-refractivity contribution in [2.75, 3.05) is 6.61 Å². The first kappa shape index (κ1) is 11.7. The molecule has 0 radical (unpaired) electrons. The van der Waals surface area contributed by atoms with Crippen molar-refractivity contribution >= 4 is 5.97 Å². The van der Waals surface area contributed by atoms with Crippen LogP contribution in [-0.2, 0) is 0 Å². The molecule has 19 heavy (non-hydrogen) atoms. The summed E-state index contributed by atoms with van der Waals surface area (Å²) in [6, 6.07) is 5.06. The van der Waals surface area contributed by atoms with E-state index in [1.54, 1.807) is 30.6 Å². The van der Waals surface area contributed by atoms with Crippen LogP contribution in [0.4, 0.5) is 0 Å². The van der Waals surface area contributed by atoms with Gasteiger partial charge < -0.3 is 9.84 Å². The van der Waals surface area contributed by atoms with Crippen LogP contribution in [-0.4, -0.2) is 32.4 Å². The van der Waals surface area contributed by atoms with Crippen LogP contribution in [0.5, 0.6) is 5.88 Å². The molecule has 0 spiro atoms. The molecule has 0 saturated heterocycles. The van der Waals surface area contributed by atoms with E-state index >= 15 is 0 Å². The molecular weight excluding hydrogens is 246 g/mol. The summed E-state index contributed by atoms with van der Waals surface area (Å²) in [6.07, 6.45) is 5.62. The number of carbonyl (C=O) groups is 1. The molecule has 2 aromatic heterocycles. The zero-order valence-electron chi connectivity index (χ0n) is 10.2. The van der Waals surface area contributed by atoms with Crippen molar-refractivity contribution in [3.8, 4) is 11.6 Å². The second-order valence-electron chi connectivity index (χ2n) is 4.53. The normalized spacial score (nSPS) is 14.3. The molecular formula is C13H13N3O3. The predicted molar refractivity (Wildman–Crippen MR) is 66.5 cm³/mol. The molecule has 6 nitrogen and oxygen atoms in total. The van der Waals surface area contributed by atoms with Gasteiger partial charge in [0.2, 0.25) is 5.88 Å². The van der Waals surface area contributed by atoms with Crippen molar-refractivity contribution in [3.63, 3.8) is 0 Å². The van der Waals surface area contributed by atoms with E-state index in [0.717, 1.165) is 0 Å². The molecule has 0 atom stereocenters. The van der Waals surface area contributed by atoms with Gasteiger partial charge in [0, 0.05) is 18.5 Å². The first-order valence-electron chi connectivity index (χ1n) is 6.11. The van der Waals surface area contributed by atoms with Crippen LogP contribution >= 0.6 is 0 Å². The lowest BCUT2D eigenvalue weighted by molar-refractivity contribution is 0.0689. The number of ether oxygens (including phenoxy) is 1. The number of aromatic nitrogens is 3. The summed E-state index contributed by atoms with van der Waals surface area (Å²) >= 11 is 0. The number of nitrogens with zero attached hydrogens (tertiary/aromatic N) is 3. The van der Waals surface area contributed by atoms with Gasteiger partial charge in [-0.1, -0.05) is 0 Å². The van der Waals surface area contributed by atoms with E-state index in [9.17, 15) is 9.90 Å². The van der Waals surface area contributed by atoms with Gasteiger partial charge in [-0.15, -0.1) is 0 Å². The number of aromatic carboxylic acids is 1. The maximum atomic E-state index is 11.3. The van der Waals surface area contributed by atoms with Crippen molar-refractivity contribution in [2.24, 2.45) is 5.92 Å². The highest BCUT2D eigenvalue weighted by molar-refractivity contribution is 5.89. The predicted octanol–water partition coefficient (Wildman–Crippen LogP) is 1.75. The monoisotopic (exact) mass is 259 g/mol. The Balaban J connectivity index is 1.89. The fourth-order valence-electron chi connectivity index (χ4n) is 1.76. The summed E-state index contributed by atoms with van der Waals surface area (Å²) in [5.41, 5.74) is 0.369. The van der Waals surface area contributed by atoms with Gasteiger partial charge in [0.25, 0.3) is 0 Å². The van der Waals surface area contributed by atoms with Gasteiger partial charge in [0.05, 0.1) is 12.3 Å². The van der Waals surface area contributed by atoms with E-state index < -0.39 is 5.97 Å². The highest BCUT2D eigenvalue weighted by Crippen LogP contribution is 2.29. The van der Waals surface area contributed by atoms with Crippen LogP contribution in [0.15, 0.2) is 30.6 Å². The fourth-order valence-corrected chi connectivity index (χ4v) is 1.76. The minimum Gasteiger partial charge on any atom is -0.477 e. The van der Waals surface area contributed by atoms with Gasteiger partial charge in [0.15, 0.2) is 5.69 Å². The largest absolute Gasteiger partial charge is 0.477 e. The van der Waals surface area contributed by atoms with Crippen molar-refractivity contribution < 1.29 is 14.6 Å². The smallest absolute Gasteiger partial charge is 0.356 e. The van der Waals surface area contributed by atoms with Crippen LogP contribution in [0.2, 0.25) is 0 Å². The first-order chi connectivity index (χ1) is 9.24. The maximum Gasteiger partial charge on any atom is 0.356 e. The number of carboxylic acids is 1. The Bertz CT molecular complexity index is 591. The molecule has 1 saturated carbocycles. The van der Waals surface area contributed by atoms with Gasteiger partial charge in [-0.2, -0.15) is 5.10 Å².